The fourth-order valence-corrected chi connectivity index (χ4v) is 1.74. The van der Waals surface area contributed by atoms with Gasteiger partial charge in [-0.3, -0.25) is 14.5 Å². The quantitative estimate of drug-likeness (QED) is 0.629. The molecule has 0 atom stereocenters. The summed E-state index contributed by atoms with van der Waals surface area (Å²) in [5.41, 5.74) is -0.216. The van der Waals surface area contributed by atoms with E-state index in [9.17, 15) is 14.4 Å². The summed E-state index contributed by atoms with van der Waals surface area (Å²) in [6.07, 6.45) is 3.08. The maximum absolute atomic E-state index is 11.9. The lowest BCUT2D eigenvalue weighted by Crippen LogP contribution is -2.43. The lowest BCUT2D eigenvalue weighted by molar-refractivity contribution is -0.134. The van der Waals surface area contributed by atoms with E-state index in [1.807, 2.05) is 0 Å². The number of nitrogens with one attached hydrogen (secondary N) is 3. The summed E-state index contributed by atoms with van der Waals surface area (Å²) in [7, 11) is 0. The van der Waals surface area contributed by atoms with Crippen LogP contribution in [0.2, 0.25) is 0 Å². The highest BCUT2D eigenvalue weighted by Crippen LogP contribution is 2.15. The number of hydrogen-bond donors (Lipinski definition) is 3. The Labute approximate surface area is 109 Å². The number of aromatic nitrogens is 2. The lowest BCUT2D eigenvalue weighted by atomic mass is 10.1. The average molecular weight is 265 g/mol. The van der Waals surface area contributed by atoms with Gasteiger partial charge in [-0.25, -0.2) is 9.78 Å². The Morgan fingerprint density at radius 1 is 1.47 bits per heavy atom. The SMILES string of the molecule is CC1(C)NC(=O)N(CC(=O)NCc2cnc[nH]2)C1=O. The number of amides is 4. The minimum atomic E-state index is -0.958. The zero-order valence-electron chi connectivity index (χ0n) is 10.7. The minimum Gasteiger partial charge on any atom is -0.349 e. The van der Waals surface area contributed by atoms with Crippen molar-refractivity contribution < 1.29 is 14.4 Å². The minimum absolute atomic E-state index is 0.270. The number of carbonyl (C=O) groups excluding carboxylic acids is 3. The summed E-state index contributed by atoms with van der Waals surface area (Å²) in [4.78, 5) is 42.6. The molecule has 1 aromatic heterocycles. The third-order valence-corrected chi connectivity index (χ3v) is 2.78. The molecule has 0 aliphatic carbocycles. The van der Waals surface area contributed by atoms with Crippen LogP contribution in [0.1, 0.15) is 19.5 Å². The molecule has 1 aromatic rings. The van der Waals surface area contributed by atoms with Crippen LogP contribution in [-0.4, -0.2) is 44.8 Å². The lowest BCUT2D eigenvalue weighted by Gasteiger charge is -2.15. The van der Waals surface area contributed by atoms with Crippen LogP contribution < -0.4 is 10.6 Å². The third-order valence-electron chi connectivity index (χ3n) is 2.78. The van der Waals surface area contributed by atoms with Crippen LogP contribution in [0.25, 0.3) is 0 Å². The molecule has 8 heteroatoms. The largest absolute Gasteiger partial charge is 0.349 e. The van der Waals surface area contributed by atoms with Crippen molar-refractivity contribution in [3.05, 3.63) is 18.2 Å². The van der Waals surface area contributed by atoms with Crippen molar-refractivity contribution in [2.45, 2.75) is 25.9 Å². The van der Waals surface area contributed by atoms with Gasteiger partial charge >= 0.3 is 6.03 Å². The van der Waals surface area contributed by atoms with Crippen LogP contribution in [0, 0.1) is 0 Å². The molecule has 2 rings (SSSR count). The molecule has 0 spiro atoms. The Morgan fingerprint density at radius 3 is 2.74 bits per heavy atom. The van der Waals surface area contributed by atoms with Gasteiger partial charge in [0, 0.05) is 6.20 Å². The van der Waals surface area contributed by atoms with E-state index in [1.165, 1.54) is 6.33 Å². The van der Waals surface area contributed by atoms with E-state index in [4.69, 9.17) is 0 Å². The topological polar surface area (TPSA) is 107 Å². The maximum Gasteiger partial charge on any atom is 0.325 e. The van der Waals surface area contributed by atoms with E-state index in [2.05, 4.69) is 20.6 Å². The summed E-state index contributed by atoms with van der Waals surface area (Å²) >= 11 is 0. The summed E-state index contributed by atoms with van der Waals surface area (Å²) in [6, 6.07) is -0.549. The van der Waals surface area contributed by atoms with Gasteiger partial charge in [0.15, 0.2) is 0 Å². The first-order chi connectivity index (χ1) is 8.90. The second kappa shape index (κ2) is 4.71. The number of imidazole rings is 1. The predicted molar refractivity (Wildman–Crippen MR) is 64.8 cm³/mol. The first-order valence-corrected chi connectivity index (χ1v) is 5.78. The zero-order valence-corrected chi connectivity index (χ0v) is 10.7. The molecule has 1 aliphatic heterocycles. The number of aromatic amines is 1. The van der Waals surface area contributed by atoms with Crippen LogP contribution in [0.4, 0.5) is 4.79 Å². The average Bonchev–Trinajstić information content (AvgIpc) is 2.90. The Morgan fingerprint density at radius 2 is 2.21 bits per heavy atom. The summed E-state index contributed by atoms with van der Waals surface area (Å²) in [6.45, 7) is 3.17. The Hall–Kier alpha value is -2.38. The van der Waals surface area contributed by atoms with E-state index < -0.39 is 23.4 Å². The number of carbonyl (C=O) groups is 3. The van der Waals surface area contributed by atoms with Gasteiger partial charge in [0.1, 0.15) is 12.1 Å². The van der Waals surface area contributed by atoms with Gasteiger partial charge in [0.05, 0.1) is 18.6 Å². The standard InChI is InChI=1S/C11H15N5O3/c1-11(2)9(18)16(10(19)15-11)5-8(17)13-4-7-3-12-6-14-7/h3,6H,4-5H2,1-2H3,(H,12,14)(H,13,17)(H,15,19). The Balaban J connectivity index is 1.89. The van der Waals surface area contributed by atoms with Gasteiger partial charge in [0.25, 0.3) is 5.91 Å². The number of urea groups is 1. The van der Waals surface area contributed by atoms with Crippen molar-refractivity contribution in [1.29, 1.82) is 0 Å². The number of hydrogen-bond acceptors (Lipinski definition) is 4. The number of H-pyrrole nitrogens is 1. The van der Waals surface area contributed by atoms with Crippen molar-refractivity contribution >= 4 is 17.8 Å². The molecule has 8 nitrogen and oxygen atoms in total. The predicted octanol–water partition coefficient (Wildman–Crippen LogP) is -0.644. The summed E-state index contributed by atoms with van der Waals surface area (Å²) in [5.74, 6) is -0.815. The first-order valence-electron chi connectivity index (χ1n) is 5.78. The molecule has 2 heterocycles. The molecule has 1 saturated heterocycles. The van der Waals surface area contributed by atoms with Crippen molar-refractivity contribution in [1.82, 2.24) is 25.5 Å². The van der Waals surface area contributed by atoms with Gasteiger partial charge in [-0.2, -0.15) is 0 Å². The molecular formula is C11H15N5O3. The van der Waals surface area contributed by atoms with Gasteiger partial charge in [-0.15, -0.1) is 0 Å². The van der Waals surface area contributed by atoms with Crippen molar-refractivity contribution in [3.63, 3.8) is 0 Å². The van der Waals surface area contributed by atoms with Crippen LogP contribution in [0.3, 0.4) is 0 Å². The van der Waals surface area contributed by atoms with E-state index >= 15 is 0 Å². The monoisotopic (exact) mass is 265 g/mol. The van der Waals surface area contributed by atoms with Crippen LogP contribution in [0.5, 0.6) is 0 Å². The van der Waals surface area contributed by atoms with Crippen LogP contribution >= 0.6 is 0 Å². The number of imide groups is 1. The zero-order chi connectivity index (χ0) is 14.0. The highest BCUT2D eigenvalue weighted by atomic mass is 16.2. The van der Waals surface area contributed by atoms with E-state index in [0.717, 1.165) is 10.6 Å². The molecule has 1 fully saturated rings. The van der Waals surface area contributed by atoms with Crippen molar-refractivity contribution in [2.75, 3.05) is 6.54 Å². The van der Waals surface area contributed by atoms with Crippen LogP contribution in [0.15, 0.2) is 12.5 Å². The van der Waals surface area contributed by atoms with Gasteiger partial charge < -0.3 is 15.6 Å². The van der Waals surface area contributed by atoms with Gasteiger partial charge in [-0.1, -0.05) is 0 Å². The highest BCUT2D eigenvalue weighted by Gasteiger charge is 2.44. The second-order valence-corrected chi connectivity index (χ2v) is 4.80. The van der Waals surface area contributed by atoms with Gasteiger partial charge in [0.2, 0.25) is 5.91 Å². The molecular weight excluding hydrogens is 250 g/mol. The van der Waals surface area contributed by atoms with Crippen molar-refractivity contribution in [2.24, 2.45) is 0 Å². The first kappa shape index (κ1) is 13.1. The molecule has 0 unspecified atom stereocenters. The molecule has 19 heavy (non-hydrogen) atoms. The second-order valence-electron chi connectivity index (χ2n) is 4.80. The molecule has 0 aromatic carbocycles. The van der Waals surface area contributed by atoms with E-state index in [0.29, 0.717) is 0 Å². The molecule has 1 aliphatic rings. The maximum atomic E-state index is 11.9. The summed E-state index contributed by atoms with van der Waals surface area (Å²) in [5, 5.41) is 5.11. The summed E-state index contributed by atoms with van der Waals surface area (Å²) < 4.78 is 0. The van der Waals surface area contributed by atoms with E-state index in [-0.39, 0.29) is 13.1 Å². The Kier molecular flexibility index (Phi) is 3.24. The fourth-order valence-electron chi connectivity index (χ4n) is 1.74. The van der Waals surface area contributed by atoms with Crippen LogP contribution in [-0.2, 0) is 16.1 Å². The van der Waals surface area contributed by atoms with E-state index in [1.54, 1.807) is 20.0 Å². The Bertz CT molecular complexity index is 508. The van der Waals surface area contributed by atoms with Crippen molar-refractivity contribution in [3.8, 4) is 0 Å². The smallest absolute Gasteiger partial charge is 0.325 e. The molecule has 0 saturated carbocycles. The molecule has 4 amide bonds. The number of nitrogens with zero attached hydrogens (tertiary/aromatic N) is 2. The normalized spacial score (nSPS) is 17.5. The third kappa shape index (κ3) is 2.72. The van der Waals surface area contributed by atoms with Gasteiger partial charge in [-0.05, 0) is 13.8 Å². The molecule has 0 radical (unpaired) electrons. The number of rotatable bonds is 4. The molecule has 102 valence electrons. The highest BCUT2D eigenvalue weighted by molar-refractivity contribution is 6.08. The molecule has 3 N–H and O–H groups in total. The fraction of sp³-hybridized carbons (Fsp3) is 0.455. The molecule has 0 bridgehead atoms.